The molecular weight excluding hydrogens is 302 g/mol. The Hall–Kier alpha value is -1.93. The molecule has 0 aliphatic heterocycles. The monoisotopic (exact) mass is 308 g/mol. The molecule has 18 heavy (non-hydrogen) atoms. The fourth-order valence-corrected chi connectivity index (χ4v) is 1.96. The van der Waals surface area contributed by atoms with Gasteiger partial charge in [0.05, 0.1) is 11.6 Å². The Balaban J connectivity index is 2.31. The SMILES string of the molecule is N#Cc1cc(Br)cc(Nc2ccc(F)c(F)c2)c1. The number of halogens is 3. The first-order chi connectivity index (χ1) is 8.58. The predicted octanol–water partition coefficient (Wildman–Crippen LogP) is 4.34. The topological polar surface area (TPSA) is 35.8 Å². The molecule has 0 aliphatic carbocycles. The summed E-state index contributed by atoms with van der Waals surface area (Å²) >= 11 is 3.27. The van der Waals surface area contributed by atoms with E-state index >= 15 is 0 Å². The molecule has 0 fully saturated rings. The lowest BCUT2D eigenvalue weighted by molar-refractivity contribution is 0.509. The van der Waals surface area contributed by atoms with Crippen LogP contribution in [-0.4, -0.2) is 0 Å². The van der Waals surface area contributed by atoms with Crippen molar-refractivity contribution in [1.82, 2.24) is 0 Å². The fraction of sp³-hybridized carbons (Fsp3) is 0. The Morgan fingerprint density at radius 2 is 1.78 bits per heavy atom. The number of nitrogens with one attached hydrogen (secondary N) is 1. The molecule has 0 radical (unpaired) electrons. The van der Waals surface area contributed by atoms with Gasteiger partial charge in [0.15, 0.2) is 11.6 Å². The molecule has 0 amide bonds. The molecule has 1 N–H and O–H groups in total. The first kappa shape index (κ1) is 12.5. The van der Waals surface area contributed by atoms with Gasteiger partial charge in [-0.15, -0.1) is 0 Å². The molecule has 2 rings (SSSR count). The zero-order chi connectivity index (χ0) is 13.1. The van der Waals surface area contributed by atoms with Crippen LogP contribution in [0.4, 0.5) is 20.2 Å². The summed E-state index contributed by atoms with van der Waals surface area (Å²) < 4.78 is 26.5. The summed E-state index contributed by atoms with van der Waals surface area (Å²) in [6, 6.07) is 10.6. The van der Waals surface area contributed by atoms with Crippen molar-refractivity contribution in [3.05, 3.63) is 58.1 Å². The van der Waals surface area contributed by atoms with E-state index in [1.807, 2.05) is 6.07 Å². The van der Waals surface area contributed by atoms with Crippen molar-refractivity contribution in [2.24, 2.45) is 0 Å². The van der Waals surface area contributed by atoms with Crippen LogP contribution in [0.15, 0.2) is 40.9 Å². The molecule has 5 heteroatoms. The van der Waals surface area contributed by atoms with E-state index in [0.29, 0.717) is 16.9 Å². The standard InChI is InChI=1S/C13H7BrF2N2/c14-9-3-8(7-17)4-11(5-9)18-10-1-2-12(15)13(16)6-10/h1-6,18H. The number of rotatable bonds is 2. The van der Waals surface area contributed by atoms with Gasteiger partial charge >= 0.3 is 0 Å². The minimum absolute atomic E-state index is 0.413. The number of hydrogen-bond acceptors (Lipinski definition) is 2. The highest BCUT2D eigenvalue weighted by Gasteiger charge is 2.04. The van der Waals surface area contributed by atoms with Crippen molar-refractivity contribution >= 4 is 27.3 Å². The first-order valence-electron chi connectivity index (χ1n) is 5.01. The van der Waals surface area contributed by atoms with Crippen LogP contribution in [0.2, 0.25) is 0 Å². The summed E-state index contributed by atoms with van der Waals surface area (Å²) in [4.78, 5) is 0. The van der Waals surface area contributed by atoms with Crippen LogP contribution >= 0.6 is 15.9 Å². The maximum Gasteiger partial charge on any atom is 0.160 e. The van der Waals surface area contributed by atoms with Crippen molar-refractivity contribution in [2.45, 2.75) is 0 Å². The second kappa shape index (κ2) is 5.15. The van der Waals surface area contributed by atoms with Gasteiger partial charge < -0.3 is 5.32 Å². The molecule has 2 nitrogen and oxygen atoms in total. The summed E-state index contributed by atoms with van der Waals surface area (Å²) in [5, 5.41) is 11.7. The Bertz CT molecular complexity index is 635. The average molecular weight is 309 g/mol. The third kappa shape index (κ3) is 2.84. The number of nitrogens with zero attached hydrogens (tertiary/aromatic N) is 1. The van der Waals surface area contributed by atoms with Crippen LogP contribution in [0, 0.1) is 23.0 Å². The highest BCUT2D eigenvalue weighted by molar-refractivity contribution is 9.10. The van der Waals surface area contributed by atoms with Crippen molar-refractivity contribution in [3.8, 4) is 6.07 Å². The van der Waals surface area contributed by atoms with Gasteiger partial charge in [-0.1, -0.05) is 15.9 Å². The van der Waals surface area contributed by atoms with Crippen LogP contribution in [0.3, 0.4) is 0 Å². The van der Waals surface area contributed by atoms with Gasteiger partial charge in [-0.3, -0.25) is 0 Å². The van der Waals surface area contributed by atoms with Gasteiger partial charge in [0.2, 0.25) is 0 Å². The van der Waals surface area contributed by atoms with E-state index in [9.17, 15) is 8.78 Å². The van der Waals surface area contributed by atoms with E-state index in [2.05, 4.69) is 21.2 Å². The van der Waals surface area contributed by atoms with Crippen molar-refractivity contribution in [2.75, 3.05) is 5.32 Å². The van der Waals surface area contributed by atoms with E-state index in [0.717, 1.165) is 16.6 Å². The highest BCUT2D eigenvalue weighted by atomic mass is 79.9. The van der Waals surface area contributed by atoms with Crippen molar-refractivity contribution in [1.29, 1.82) is 5.26 Å². The number of nitriles is 1. The second-order valence-electron chi connectivity index (χ2n) is 3.59. The van der Waals surface area contributed by atoms with E-state index in [1.54, 1.807) is 18.2 Å². The van der Waals surface area contributed by atoms with E-state index in [-0.39, 0.29) is 0 Å². The van der Waals surface area contributed by atoms with Crippen LogP contribution < -0.4 is 5.32 Å². The highest BCUT2D eigenvalue weighted by Crippen LogP contribution is 2.23. The van der Waals surface area contributed by atoms with Crippen molar-refractivity contribution in [3.63, 3.8) is 0 Å². The Morgan fingerprint density at radius 3 is 2.44 bits per heavy atom. The van der Waals surface area contributed by atoms with Crippen LogP contribution in [0.1, 0.15) is 5.56 Å². The summed E-state index contributed by atoms with van der Waals surface area (Å²) in [6.07, 6.45) is 0. The second-order valence-corrected chi connectivity index (χ2v) is 4.51. The fourth-order valence-electron chi connectivity index (χ4n) is 1.47. The normalized spacial score (nSPS) is 9.89. The number of benzene rings is 2. The molecule has 2 aromatic rings. The summed E-state index contributed by atoms with van der Waals surface area (Å²) in [6.45, 7) is 0. The molecule has 0 aliphatic rings. The maximum absolute atomic E-state index is 13.0. The molecule has 0 aromatic heterocycles. The van der Waals surface area contributed by atoms with E-state index < -0.39 is 11.6 Å². The van der Waals surface area contributed by atoms with E-state index in [1.165, 1.54) is 6.07 Å². The van der Waals surface area contributed by atoms with Crippen LogP contribution in [0.25, 0.3) is 0 Å². The summed E-state index contributed by atoms with van der Waals surface area (Å²) in [5.74, 6) is -1.82. The van der Waals surface area contributed by atoms with E-state index in [4.69, 9.17) is 5.26 Å². The van der Waals surface area contributed by atoms with Gasteiger partial charge in [-0.2, -0.15) is 5.26 Å². The Labute approximate surface area is 111 Å². The molecule has 0 saturated carbocycles. The zero-order valence-electron chi connectivity index (χ0n) is 9.05. The summed E-state index contributed by atoms with van der Waals surface area (Å²) in [5.41, 5.74) is 1.50. The third-order valence-electron chi connectivity index (χ3n) is 2.24. The Kier molecular flexibility index (Phi) is 3.58. The van der Waals surface area contributed by atoms with Gasteiger partial charge in [0, 0.05) is 21.9 Å². The number of anilines is 2. The lowest BCUT2D eigenvalue weighted by Crippen LogP contribution is -1.93. The lowest BCUT2D eigenvalue weighted by atomic mass is 10.2. The van der Waals surface area contributed by atoms with Gasteiger partial charge in [-0.05, 0) is 30.3 Å². The summed E-state index contributed by atoms with van der Waals surface area (Å²) in [7, 11) is 0. The van der Waals surface area contributed by atoms with Crippen molar-refractivity contribution < 1.29 is 8.78 Å². The number of hydrogen-bond donors (Lipinski definition) is 1. The van der Waals surface area contributed by atoms with Crippen LogP contribution in [0.5, 0.6) is 0 Å². The van der Waals surface area contributed by atoms with Crippen LogP contribution in [-0.2, 0) is 0 Å². The first-order valence-corrected chi connectivity index (χ1v) is 5.80. The molecule has 0 saturated heterocycles. The molecular formula is C13H7BrF2N2. The quantitative estimate of drug-likeness (QED) is 0.895. The molecule has 2 aromatic carbocycles. The molecule has 0 unspecified atom stereocenters. The van der Waals surface area contributed by atoms with Gasteiger partial charge in [0.1, 0.15) is 0 Å². The predicted molar refractivity (Wildman–Crippen MR) is 68.5 cm³/mol. The molecule has 0 heterocycles. The minimum atomic E-state index is -0.921. The van der Waals surface area contributed by atoms with Gasteiger partial charge in [-0.25, -0.2) is 8.78 Å². The third-order valence-corrected chi connectivity index (χ3v) is 2.69. The molecule has 0 bridgehead atoms. The molecule has 0 spiro atoms. The maximum atomic E-state index is 13.0. The molecule has 90 valence electrons. The zero-order valence-corrected chi connectivity index (χ0v) is 10.6. The molecule has 0 atom stereocenters. The lowest BCUT2D eigenvalue weighted by Gasteiger charge is -2.07. The van der Waals surface area contributed by atoms with Gasteiger partial charge in [0.25, 0.3) is 0 Å². The average Bonchev–Trinajstić information content (AvgIpc) is 2.33. The minimum Gasteiger partial charge on any atom is -0.355 e. The Morgan fingerprint density at radius 1 is 1.00 bits per heavy atom. The largest absolute Gasteiger partial charge is 0.355 e. The smallest absolute Gasteiger partial charge is 0.160 e.